The van der Waals surface area contributed by atoms with Crippen LogP contribution in [0.2, 0.25) is 0 Å². The lowest BCUT2D eigenvalue weighted by molar-refractivity contribution is 0.389. The van der Waals surface area contributed by atoms with E-state index in [1.807, 2.05) is 35.8 Å². The lowest BCUT2D eigenvalue weighted by Gasteiger charge is -2.04. The van der Waals surface area contributed by atoms with Gasteiger partial charge in [0, 0.05) is 6.07 Å². The van der Waals surface area contributed by atoms with E-state index in [2.05, 4.69) is 10.1 Å². The van der Waals surface area contributed by atoms with Crippen molar-refractivity contribution in [2.75, 3.05) is 12.8 Å². The monoisotopic (exact) mass is 258 g/mol. The van der Waals surface area contributed by atoms with E-state index in [1.165, 1.54) is 0 Å². The average Bonchev–Trinajstić information content (AvgIpc) is 2.94. The van der Waals surface area contributed by atoms with Crippen molar-refractivity contribution in [2.45, 2.75) is 13.5 Å². The lowest BCUT2D eigenvalue weighted by atomic mass is 10.3. The van der Waals surface area contributed by atoms with Gasteiger partial charge < -0.3 is 19.6 Å². The molecule has 2 N–H and O–H groups in total. The second kappa shape index (κ2) is 4.31. The van der Waals surface area contributed by atoms with Gasteiger partial charge >= 0.3 is 0 Å². The smallest absolute Gasteiger partial charge is 0.201 e. The first-order valence-electron chi connectivity index (χ1n) is 5.90. The van der Waals surface area contributed by atoms with Crippen molar-refractivity contribution in [3.63, 3.8) is 0 Å². The van der Waals surface area contributed by atoms with Gasteiger partial charge in [0.15, 0.2) is 0 Å². The normalized spacial score (nSPS) is 11.1. The molecule has 2 aromatic heterocycles. The Kier molecular flexibility index (Phi) is 2.63. The fraction of sp³-hybridized carbons (Fsp3) is 0.231. The summed E-state index contributed by atoms with van der Waals surface area (Å²) in [5.41, 5.74) is 8.45. The minimum Gasteiger partial charge on any atom is -0.494 e. The summed E-state index contributed by atoms with van der Waals surface area (Å²) in [6.07, 6.45) is 0. The molecule has 0 fully saturated rings. The highest BCUT2D eigenvalue weighted by atomic mass is 16.5. The highest BCUT2D eigenvalue weighted by Crippen LogP contribution is 2.27. The maximum absolute atomic E-state index is 5.97. The molecule has 0 saturated heterocycles. The van der Waals surface area contributed by atoms with Crippen LogP contribution in [0.1, 0.15) is 11.5 Å². The SMILES string of the molecule is COc1cccc2c1nc(N)n2Cc1cc(C)on1. The fourth-order valence-electron chi connectivity index (χ4n) is 2.12. The Labute approximate surface area is 109 Å². The summed E-state index contributed by atoms with van der Waals surface area (Å²) in [6.45, 7) is 2.38. The molecule has 0 aliphatic rings. The Morgan fingerprint density at radius 2 is 2.26 bits per heavy atom. The van der Waals surface area contributed by atoms with Crippen LogP contribution in [0.4, 0.5) is 5.95 Å². The number of imidazole rings is 1. The molecule has 19 heavy (non-hydrogen) atoms. The minimum absolute atomic E-state index is 0.431. The Hall–Kier alpha value is -2.50. The van der Waals surface area contributed by atoms with Crippen LogP contribution in [0, 0.1) is 6.92 Å². The van der Waals surface area contributed by atoms with Crippen LogP contribution in [-0.2, 0) is 6.54 Å². The molecule has 0 aliphatic heterocycles. The van der Waals surface area contributed by atoms with E-state index < -0.39 is 0 Å². The quantitative estimate of drug-likeness (QED) is 0.777. The summed E-state index contributed by atoms with van der Waals surface area (Å²) >= 11 is 0. The topological polar surface area (TPSA) is 79.1 Å². The zero-order valence-electron chi connectivity index (χ0n) is 10.8. The molecule has 0 amide bonds. The third-order valence-corrected chi connectivity index (χ3v) is 2.99. The van der Waals surface area contributed by atoms with Crippen LogP contribution < -0.4 is 10.5 Å². The molecule has 0 saturated carbocycles. The highest BCUT2D eigenvalue weighted by molar-refractivity contribution is 5.84. The Morgan fingerprint density at radius 3 is 2.95 bits per heavy atom. The lowest BCUT2D eigenvalue weighted by Crippen LogP contribution is -2.04. The number of rotatable bonds is 3. The molecule has 0 aliphatic carbocycles. The third kappa shape index (κ3) is 1.91. The van der Waals surface area contributed by atoms with Gasteiger partial charge in [0.05, 0.1) is 19.2 Å². The largest absolute Gasteiger partial charge is 0.494 e. The summed E-state index contributed by atoms with van der Waals surface area (Å²) in [5, 5.41) is 3.97. The van der Waals surface area contributed by atoms with Gasteiger partial charge in [-0.05, 0) is 19.1 Å². The molecule has 3 rings (SSSR count). The van der Waals surface area contributed by atoms with E-state index in [0.29, 0.717) is 18.2 Å². The number of hydrogen-bond acceptors (Lipinski definition) is 5. The number of nitrogens with zero attached hydrogens (tertiary/aromatic N) is 3. The Bertz CT molecular complexity index is 729. The number of aromatic nitrogens is 3. The maximum Gasteiger partial charge on any atom is 0.201 e. The Morgan fingerprint density at radius 1 is 1.42 bits per heavy atom. The molecule has 6 heteroatoms. The van der Waals surface area contributed by atoms with Crippen molar-refractivity contribution in [3.8, 4) is 5.75 Å². The number of methoxy groups -OCH3 is 1. The molecule has 0 radical (unpaired) electrons. The zero-order chi connectivity index (χ0) is 13.4. The van der Waals surface area contributed by atoms with Crippen molar-refractivity contribution in [2.24, 2.45) is 0 Å². The highest BCUT2D eigenvalue weighted by Gasteiger charge is 2.13. The van der Waals surface area contributed by atoms with E-state index in [4.69, 9.17) is 15.0 Å². The molecular weight excluding hydrogens is 244 g/mol. The molecule has 98 valence electrons. The predicted octanol–water partition coefficient (Wildman–Crippen LogP) is 1.97. The summed E-state index contributed by atoms with van der Waals surface area (Å²) < 4.78 is 12.2. The van der Waals surface area contributed by atoms with Gasteiger partial charge in [-0.3, -0.25) is 0 Å². The van der Waals surface area contributed by atoms with Crippen molar-refractivity contribution in [1.82, 2.24) is 14.7 Å². The fourth-order valence-corrected chi connectivity index (χ4v) is 2.12. The summed E-state index contributed by atoms with van der Waals surface area (Å²) in [7, 11) is 1.62. The molecule has 0 atom stereocenters. The Balaban J connectivity index is 2.10. The van der Waals surface area contributed by atoms with E-state index in [-0.39, 0.29) is 0 Å². The van der Waals surface area contributed by atoms with Crippen molar-refractivity contribution >= 4 is 17.0 Å². The number of nitrogen functional groups attached to an aromatic ring is 1. The van der Waals surface area contributed by atoms with Gasteiger partial charge in [-0.15, -0.1) is 0 Å². The standard InChI is InChI=1S/C13H14N4O2/c1-8-6-9(16-19-8)7-17-10-4-3-5-11(18-2)12(10)15-13(17)14/h3-6H,7H2,1-2H3,(H2,14,15). The van der Waals surface area contributed by atoms with Crippen molar-refractivity contribution in [1.29, 1.82) is 0 Å². The van der Waals surface area contributed by atoms with Gasteiger partial charge in [0.2, 0.25) is 5.95 Å². The van der Waals surface area contributed by atoms with Crippen LogP contribution in [0.15, 0.2) is 28.8 Å². The zero-order valence-corrected chi connectivity index (χ0v) is 10.8. The predicted molar refractivity (Wildman–Crippen MR) is 71.0 cm³/mol. The molecule has 0 bridgehead atoms. The van der Waals surface area contributed by atoms with Crippen LogP contribution in [0.5, 0.6) is 5.75 Å². The van der Waals surface area contributed by atoms with Crippen LogP contribution in [0.3, 0.4) is 0 Å². The van der Waals surface area contributed by atoms with E-state index in [0.717, 1.165) is 22.5 Å². The van der Waals surface area contributed by atoms with Crippen molar-refractivity contribution in [3.05, 3.63) is 35.7 Å². The average molecular weight is 258 g/mol. The second-order valence-corrected chi connectivity index (χ2v) is 4.31. The van der Waals surface area contributed by atoms with Gasteiger partial charge in [-0.25, -0.2) is 4.98 Å². The number of fused-ring (bicyclic) bond motifs is 1. The number of aryl methyl sites for hydroxylation is 1. The minimum atomic E-state index is 0.431. The van der Waals surface area contributed by atoms with Gasteiger partial charge in [-0.2, -0.15) is 0 Å². The summed E-state index contributed by atoms with van der Waals surface area (Å²) in [6, 6.07) is 7.60. The van der Waals surface area contributed by atoms with Crippen LogP contribution in [-0.4, -0.2) is 21.8 Å². The van der Waals surface area contributed by atoms with Crippen LogP contribution >= 0.6 is 0 Å². The third-order valence-electron chi connectivity index (χ3n) is 2.99. The summed E-state index contributed by atoms with van der Waals surface area (Å²) in [5.74, 6) is 1.91. The second-order valence-electron chi connectivity index (χ2n) is 4.31. The molecular formula is C13H14N4O2. The molecule has 0 unspecified atom stereocenters. The number of benzene rings is 1. The number of anilines is 1. The number of para-hydroxylation sites is 1. The van der Waals surface area contributed by atoms with Gasteiger partial charge in [0.25, 0.3) is 0 Å². The first kappa shape index (κ1) is 11.6. The summed E-state index contributed by atoms with van der Waals surface area (Å²) in [4.78, 5) is 4.34. The van der Waals surface area contributed by atoms with Crippen LogP contribution in [0.25, 0.3) is 11.0 Å². The first-order chi connectivity index (χ1) is 9.19. The molecule has 2 heterocycles. The van der Waals surface area contributed by atoms with Crippen molar-refractivity contribution < 1.29 is 9.26 Å². The van der Waals surface area contributed by atoms with E-state index in [1.54, 1.807) is 7.11 Å². The van der Waals surface area contributed by atoms with E-state index in [9.17, 15) is 0 Å². The maximum atomic E-state index is 5.97. The molecule has 0 spiro atoms. The van der Waals surface area contributed by atoms with Gasteiger partial charge in [0.1, 0.15) is 22.7 Å². The number of hydrogen-bond donors (Lipinski definition) is 1. The molecule has 1 aromatic carbocycles. The van der Waals surface area contributed by atoms with E-state index >= 15 is 0 Å². The molecule has 3 aromatic rings. The molecule has 6 nitrogen and oxygen atoms in total. The first-order valence-corrected chi connectivity index (χ1v) is 5.90. The van der Waals surface area contributed by atoms with Gasteiger partial charge in [-0.1, -0.05) is 11.2 Å². The number of nitrogens with two attached hydrogens (primary N) is 1. The number of ether oxygens (including phenoxy) is 1.